The zero-order valence-corrected chi connectivity index (χ0v) is 26.8. The summed E-state index contributed by atoms with van der Waals surface area (Å²) >= 11 is 13.9. The molecule has 0 bridgehead atoms. The highest BCUT2D eigenvalue weighted by atomic mass is 35.5. The number of hydrogen-bond donors (Lipinski definition) is 4. The molecular weight excluding hydrogens is 630 g/mol. The van der Waals surface area contributed by atoms with Crippen molar-refractivity contribution in [2.45, 2.75) is 44.5 Å². The molecule has 2 aliphatic rings. The molecule has 2 atom stereocenters. The van der Waals surface area contributed by atoms with E-state index in [0.29, 0.717) is 76.5 Å². The minimum atomic E-state index is -0.451. The van der Waals surface area contributed by atoms with Crippen LogP contribution in [0.5, 0.6) is 5.75 Å². The van der Waals surface area contributed by atoms with Gasteiger partial charge in [0.05, 0.1) is 34.6 Å². The fourth-order valence-electron chi connectivity index (χ4n) is 5.59. The lowest BCUT2D eigenvalue weighted by molar-refractivity contribution is -0.119. The molecule has 240 valence electrons. The SMILES string of the molecule is COc1cc(-c2nccc(-c3cccc(Nc4nccc(CNC[C@@H]5CCO5)c4F)c3Cl)c2Cl)ccc1CNC[C@H]1CCC(=O)N1. The number of carbonyl (C=O) groups is 1. The number of nitrogens with one attached hydrogen (secondary N) is 4. The summed E-state index contributed by atoms with van der Waals surface area (Å²) in [6.07, 6.45) is 5.85. The van der Waals surface area contributed by atoms with Crippen LogP contribution >= 0.6 is 23.2 Å². The van der Waals surface area contributed by atoms with Crippen molar-refractivity contribution in [2.24, 2.45) is 0 Å². The van der Waals surface area contributed by atoms with Gasteiger partial charge in [0.15, 0.2) is 11.6 Å². The zero-order valence-electron chi connectivity index (χ0n) is 25.3. The first-order valence-corrected chi connectivity index (χ1v) is 16.0. The first kappa shape index (κ1) is 32.2. The van der Waals surface area contributed by atoms with Crippen LogP contribution in [-0.2, 0) is 22.6 Å². The molecule has 1 amide bonds. The Labute approximate surface area is 277 Å². The Morgan fingerprint density at radius 2 is 1.76 bits per heavy atom. The summed E-state index contributed by atoms with van der Waals surface area (Å²) in [6, 6.07) is 14.9. The second-order valence-electron chi connectivity index (χ2n) is 11.3. The van der Waals surface area contributed by atoms with Gasteiger partial charge in [0.25, 0.3) is 0 Å². The molecular formula is C34H35Cl2FN6O3. The molecule has 4 heterocycles. The lowest BCUT2D eigenvalue weighted by Gasteiger charge is -2.26. The third-order valence-electron chi connectivity index (χ3n) is 8.23. The third-order valence-corrected chi connectivity index (χ3v) is 9.02. The lowest BCUT2D eigenvalue weighted by atomic mass is 10.0. The average Bonchev–Trinajstić information content (AvgIpc) is 3.46. The van der Waals surface area contributed by atoms with Gasteiger partial charge in [-0.2, -0.15) is 0 Å². The van der Waals surface area contributed by atoms with Crippen LogP contribution in [-0.4, -0.2) is 54.8 Å². The van der Waals surface area contributed by atoms with Gasteiger partial charge in [-0.3, -0.25) is 9.78 Å². The summed E-state index contributed by atoms with van der Waals surface area (Å²) in [5.74, 6) is 0.415. The van der Waals surface area contributed by atoms with E-state index >= 15 is 4.39 Å². The molecule has 0 spiro atoms. The number of nitrogens with zero attached hydrogens (tertiary/aromatic N) is 2. The maximum atomic E-state index is 15.4. The Balaban J connectivity index is 1.19. The van der Waals surface area contributed by atoms with Gasteiger partial charge < -0.3 is 30.7 Å². The van der Waals surface area contributed by atoms with Crippen molar-refractivity contribution >= 4 is 40.6 Å². The number of benzene rings is 2. The maximum absolute atomic E-state index is 15.4. The van der Waals surface area contributed by atoms with Gasteiger partial charge in [0.1, 0.15) is 5.75 Å². The van der Waals surface area contributed by atoms with Gasteiger partial charge in [-0.15, -0.1) is 0 Å². The van der Waals surface area contributed by atoms with E-state index in [9.17, 15) is 4.79 Å². The van der Waals surface area contributed by atoms with Crippen molar-refractivity contribution in [1.29, 1.82) is 0 Å². The monoisotopic (exact) mass is 664 g/mol. The van der Waals surface area contributed by atoms with E-state index in [1.54, 1.807) is 37.7 Å². The van der Waals surface area contributed by atoms with Gasteiger partial charge >= 0.3 is 0 Å². The number of amides is 1. The smallest absolute Gasteiger partial charge is 0.220 e. The minimum Gasteiger partial charge on any atom is -0.496 e. The summed E-state index contributed by atoms with van der Waals surface area (Å²) in [6.45, 7) is 3.07. The van der Waals surface area contributed by atoms with Crippen LogP contribution in [0, 0.1) is 5.82 Å². The highest BCUT2D eigenvalue weighted by molar-refractivity contribution is 6.39. The molecule has 9 nitrogen and oxygen atoms in total. The van der Waals surface area contributed by atoms with E-state index in [0.717, 1.165) is 30.6 Å². The molecule has 2 aliphatic heterocycles. The largest absolute Gasteiger partial charge is 0.496 e. The predicted molar refractivity (Wildman–Crippen MR) is 178 cm³/mol. The topological polar surface area (TPSA) is 109 Å². The van der Waals surface area contributed by atoms with Crippen LogP contribution in [0.4, 0.5) is 15.9 Å². The van der Waals surface area contributed by atoms with Crippen molar-refractivity contribution in [3.63, 3.8) is 0 Å². The van der Waals surface area contributed by atoms with Gasteiger partial charge in [-0.25, -0.2) is 9.37 Å². The predicted octanol–water partition coefficient (Wildman–Crippen LogP) is 6.26. The zero-order chi connectivity index (χ0) is 32.0. The molecule has 4 aromatic rings. The molecule has 2 aromatic heterocycles. The molecule has 0 saturated carbocycles. The van der Waals surface area contributed by atoms with E-state index in [1.165, 1.54) is 0 Å². The van der Waals surface area contributed by atoms with Crippen LogP contribution < -0.4 is 26.0 Å². The van der Waals surface area contributed by atoms with Crippen LogP contribution in [0.3, 0.4) is 0 Å². The van der Waals surface area contributed by atoms with Crippen LogP contribution in [0.1, 0.15) is 30.4 Å². The molecule has 12 heteroatoms. The normalized spacial score (nSPS) is 17.4. The van der Waals surface area contributed by atoms with Crippen molar-refractivity contribution in [2.75, 3.05) is 32.1 Å². The average molecular weight is 666 g/mol. The van der Waals surface area contributed by atoms with Gasteiger partial charge in [0, 0.05) is 85.5 Å². The van der Waals surface area contributed by atoms with Crippen molar-refractivity contribution in [3.8, 4) is 28.1 Å². The molecule has 0 aliphatic carbocycles. The number of aromatic nitrogens is 2. The van der Waals surface area contributed by atoms with E-state index in [2.05, 4.69) is 31.2 Å². The van der Waals surface area contributed by atoms with E-state index in [4.69, 9.17) is 32.7 Å². The van der Waals surface area contributed by atoms with Crippen molar-refractivity contribution < 1.29 is 18.7 Å². The number of ether oxygens (including phenoxy) is 2. The number of halogens is 3. The molecule has 4 N–H and O–H groups in total. The van der Waals surface area contributed by atoms with Crippen molar-refractivity contribution in [3.05, 3.63) is 87.9 Å². The standard InChI is InChI=1S/C34H35Cl2FN6O3/c1-45-28-15-20(5-6-21(28)16-38-18-23-7-8-29(44)42-23)33-31(36)26(10-13-40-33)25-3-2-4-27(30(25)35)43-34-32(37)22(9-12-41-34)17-39-19-24-11-14-46-24/h2-6,9-10,12-13,15,23-24,38-39H,7-8,11,14,16-19H2,1H3,(H,41,43)(H,42,44)/t23-,24+/m1/s1. The molecule has 46 heavy (non-hydrogen) atoms. The quantitative estimate of drug-likeness (QED) is 0.133. The maximum Gasteiger partial charge on any atom is 0.220 e. The lowest BCUT2D eigenvalue weighted by Crippen LogP contribution is -2.37. The number of hydrogen-bond acceptors (Lipinski definition) is 8. The second kappa shape index (κ2) is 14.7. The molecule has 0 unspecified atom stereocenters. The van der Waals surface area contributed by atoms with Gasteiger partial charge in [0.2, 0.25) is 5.91 Å². The van der Waals surface area contributed by atoms with E-state index in [-0.39, 0.29) is 23.9 Å². The Kier molecular flexibility index (Phi) is 10.3. The number of methoxy groups -OCH3 is 1. The Bertz CT molecular complexity index is 1720. The summed E-state index contributed by atoms with van der Waals surface area (Å²) in [7, 11) is 1.62. The molecule has 2 saturated heterocycles. The van der Waals surface area contributed by atoms with Gasteiger partial charge in [-0.05, 0) is 37.1 Å². The third kappa shape index (κ3) is 7.27. The Hall–Kier alpha value is -3.80. The van der Waals surface area contributed by atoms with Gasteiger partial charge in [-0.1, -0.05) is 47.5 Å². The Morgan fingerprint density at radius 3 is 2.52 bits per heavy atom. The molecule has 0 radical (unpaired) electrons. The van der Waals surface area contributed by atoms with Crippen LogP contribution in [0.2, 0.25) is 10.0 Å². The first-order chi connectivity index (χ1) is 22.4. The highest BCUT2D eigenvalue weighted by Gasteiger charge is 2.21. The fraction of sp³-hybridized carbons (Fsp3) is 0.324. The van der Waals surface area contributed by atoms with Crippen LogP contribution in [0.25, 0.3) is 22.4 Å². The van der Waals surface area contributed by atoms with Crippen LogP contribution in [0.15, 0.2) is 60.9 Å². The number of carbonyl (C=O) groups excluding carboxylic acids is 1. The summed E-state index contributed by atoms with van der Waals surface area (Å²) < 4.78 is 26.5. The summed E-state index contributed by atoms with van der Waals surface area (Å²) in [5, 5.41) is 13.5. The van der Waals surface area contributed by atoms with E-state index in [1.807, 2.05) is 30.3 Å². The first-order valence-electron chi connectivity index (χ1n) is 15.2. The molecule has 2 fully saturated rings. The molecule has 2 aromatic carbocycles. The highest BCUT2D eigenvalue weighted by Crippen LogP contribution is 2.41. The summed E-state index contributed by atoms with van der Waals surface area (Å²) in [4.78, 5) is 20.3. The minimum absolute atomic E-state index is 0.0782. The number of rotatable bonds is 13. The Morgan fingerprint density at radius 1 is 0.978 bits per heavy atom. The molecule has 6 rings (SSSR count). The second-order valence-corrected chi connectivity index (χ2v) is 12.1. The van der Waals surface area contributed by atoms with E-state index < -0.39 is 5.82 Å². The summed E-state index contributed by atoms with van der Waals surface area (Å²) in [5.41, 5.74) is 4.63. The van der Waals surface area contributed by atoms with Crippen molar-refractivity contribution in [1.82, 2.24) is 25.9 Å². The number of anilines is 2. The fourth-order valence-corrected chi connectivity index (χ4v) is 6.18. The number of pyridine rings is 2.